The van der Waals surface area contributed by atoms with Crippen molar-refractivity contribution in [1.82, 2.24) is 0 Å². The predicted molar refractivity (Wildman–Crippen MR) is 107 cm³/mol. The smallest absolute Gasteiger partial charge is 0.243 e. The van der Waals surface area contributed by atoms with Crippen LogP contribution in [0.2, 0.25) is 0 Å². The molecule has 0 heterocycles. The number of aryl methyl sites for hydroxylation is 3. The van der Waals surface area contributed by atoms with Crippen molar-refractivity contribution < 1.29 is 9.36 Å². The quantitative estimate of drug-likeness (QED) is 0.455. The average Bonchev–Trinajstić information content (AvgIpc) is 2.61. The molecule has 0 amide bonds. The molecule has 0 aliphatic rings. The van der Waals surface area contributed by atoms with Crippen molar-refractivity contribution in [3.05, 3.63) is 89.5 Å². The second-order valence-corrected chi connectivity index (χ2v) is 7.32. The van der Waals surface area contributed by atoms with Crippen molar-refractivity contribution in [3.8, 4) is 11.1 Å². The Morgan fingerprint density at radius 2 is 1.20 bits per heavy atom. The average molecular weight is 349 g/mol. The van der Waals surface area contributed by atoms with Crippen LogP contribution in [0.1, 0.15) is 16.7 Å². The highest BCUT2D eigenvalue weighted by molar-refractivity contribution is 7.68. The number of hydrogen-bond donors (Lipinski definition) is 0. The molecule has 0 radical (unpaired) electrons. The standard InChI is InChI=1S/C13H10O2P.C9H12/c14-10-16(15)13-9-5-4-8-12(13)11-6-2-1-3-7-11;1-7-4-8(2)6-9(3)5-7/h1-10H;4-6H,1-3H3/q+1;. The highest BCUT2D eigenvalue weighted by Gasteiger charge is 2.22. The lowest BCUT2D eigenvalue weighted by atomic mass is 10.1. The Bertz CT molecular complexity index is 820. The van der Waals surface area contributed by atoms with E-state index < -0.39 is 7.80 Å². The van der Waals surface area contributed by atoms with Crippen molar-refractivity contribution in [1.29, 1.82) is 0 Å². The number of carbonyl (C=O) groups excluding carboxylic acids is 1. The molecule has 0 saturated heterocycles. The summed E-state index contributed by atoms with van der Waals surface area (Å²) in [6.45, 7) is 6.38. The molecule has 3 aromatic carbocycles. The SMILES string of the molecule is Cc1cc(C)cc(C)c1.O=C[P+](=O)c1ccccc1-c1ccccc1. The first-order chi connectivity index (χ1) is 12.0. The highest BCUT2D eigenvalue weighted by atomic mass is 31.1. The number of benzene rings is 3. The van der Waals surface area contributed by atoms with Crippen LogP contribution in [0.25, 0.3) is 11.1 Å². The van der Waals surface area contributed by atoms with Crippen LogP contribution in [0, 0.1) is 20.8 Å². The van der Waals surface area contributed by atoms with Crippen LogP contribution in [-0.2, 0) is 9.36 Å². The van der Waals surface area contributed by atoms with Gasteiger partial charge >= 0.3 is 13.8 Å². The summed E-state index contributed by atoms with van der Waals surface area (Å²) < 4.78 is 11.6. The minimum Gasteiger partial charge on any atom is -0.243 e. The first-order valence-corrected chi connectivity index (χ1v) is 9.45. The van der Waals surface area contributed by atoms with Gasteiger partial charge in [0, 0.05) is 5.56 Å². The van der Waals surface area contributed by atoms with E-state index >= 15 is 0 Å². The molecule has 25 heavy (non-hydrogen) atoms. The van der Waals surface area contributed by atoms with Gasteiger partial charge in [0.25, 0.3) is 0 Å². The van der Waals surface area contributed by atoms with Crippen LogP contribution in [0.5, 0.6) is 0 Å². The summed E-state index contributed by atoms with van der Waals surface area (Å²) >= 11 is 0. The van der Waals surface area contributed by atoms with E-state index in [4.69, 9.17) is 0 Å². The van der Waals surface area contributed by atoms with Crippen molar-refractivity contribution in [3.63, 3.8) is 0 Å². The number of carbonyl (C=O) groups is 1. The van der Waals surface area contributed by atoms with E-state index in [1.54, 1.807) is 12.1 Å². The van der Waals surface area contributed by atoms with Gasteiger partial charge in [-0.25, -0.2) is 4.79 Å². The zero-order valence-electron chi connectivity index (χ0n) is 14.8. The summed E-state index contributed by atoms with van der Waals surface area (Å²) in [6, 6.07) is 24.0. The van der Waals surface area contributed by atoms with Crippen LogP contribution in [-0.4, -0.2) is 6.03 Å². The normalized spacial score (nSPS) is 10.4. The van der Waals surface area contributed by atoms with Crippen molar-refractivity contribution in [2.45, 2.75) is 20.8 Å². The molecule has 3 heteroatoms. The summed E-state index contributed by atoms with van der Waals surface area (Å²) in [4.78, 5) is 10.6. The predicted octanol–water partition coefficient (Wildman–Crippen LogP) is 5.61. The second-order valence-electron chi connectivity index (χ2n) is 5.98. The maximum atomic E-state index is 11.6. The van der Waals surface area contributed by atoms with Gasteiger partial charge in [-0.15, -0.1) is 0 Å². The Balaban J connectivity index is 0.000000212. The van der Waals surface area contributed by atoms with Crippen LogP contribution < -0.4 is 5.30 Å². The maximum absolute atomic E-state index is 11.6. The van der Waals surface area contributed by atoms with Gasteiger partial charge in [0.2, 0.25) is 5.30 Å². The van der Waals surface area contributed by atoms with Crippen molar-refractivity contribution in [2.24, 2.45) is 0 Å². The monoisotopic (exact) mass is 349 g/mol. The summed E-state index contributed by atoms with van der Waals surface area (Å²) in [5.74, 6) is 0. The van der Waals surface area contributed by atoms with E-state index in [0.717, 1.165) is 11.1 Å². The molecule has 0 saturated carbocycles. The van der Waals surface area contributed by atoms with E-state index in [0.29, 0.717) is 11.3 Å². The molecule has 2 nitrogen and oxygen atoms in total. The summed E-state index contributed by atoms with van der Waals surface area (Å²) in [7, 11) is -1.95. The van der Waals surface area contributed by atoms with E-state index in [2.05, 4.69) is 39.0 Å². The van der Waals surface area contributed by atoms with Crippen molar-refractivity contribution >= 4 is 19.1 Å². The molecule has 0 aliphatic carbocycles. The molecule has 3 aromatic rings. The topological polar surface area (TPSA) is 34.1 Å². The van der Waals surface area contributed by atoms with Gasteiger partial charge < -0.3 is 0 Å². The number of rotatable bonds is 3. The van der Waals surface area contributed by atoms with Gasteiger partial charge in [0.15, 0.2) is 0 Å². The molecule has 0 N–H and O–H groups in total. The van der Waals surface area contributed by atoms with Crippen LogP contribution >= 0.6 is 7.80 Å². The minimum absolute atomic E-state index is 0.497. The first-order valence-electron chi connectivity index (χ1n) is 8.12. The van der Waals surface area contributed by atoms with E-state index in [1.807, 2.05) is 42.5 Å². The Labute approximate surface area is 150 Å². The zero-order valence-corrected chi connectivity index (χ0v) is 15.7. The molecule has 0 spiro atoms. The summed E-state index contributed by atoms with van der Waals surface area (Å²) in [6.07, 6.45) is 0. The molecule has 0 aliphatic heterocycles. The molecule has 0 aromatic heterocycles. The fourth-order valence-electron chi connectivity index (χ4n) is 2.79. The molecule has 1 unspecified atom stereocenters. The van der Waals surface area contributed by atoms with E-state index in [-0.39, 0.29) is 0 Å². The molecule has 3 rings (SSSR count). The van der Waals surface area contributed by atoms with Gasteiger partial charge in [-0.2, -0.15) is 0 Å². The van der Waals surface area contributed by atoms with Crippen LogP contribution in [0.3, 0.4) is 0 Å². The highest BCUT2D eigenvalue weighted by Crippen LogP contribution is 2.25. The lowest BCUT2D eigenvalue weighted by Gasteiger charge is -2.00. The Morgan fingerprint density at radius 3 is 1.72 bits per heavy atom. The van der Waals surface area contributed by atoms with E-state index in [1.165, 1.54) is 16.7 Å². The van der Waals surface area contributed by atoms with Gasteiger partial charge in [0.1, 0.15) is 0 Å². The maximum Gasteiger partial charge on any atom is 0.450 e. The largest absolute Gasteiger partial charge is 0.450 e. The molecule has 126 valence electrons. The van der Waals surface area contributed by atoms with Crippen LogP contribution in [0.15, 0.2) is 72.8 Å². The Morgan fingerprint density at radius 1 is 0.720 bits per heavy atom. The number of hydrogen-bond acceptors (Lipinski definition) is 2. The Kier molecular flexibility index (Phi) is 6.80. The summed E-state index contributed by atoms with van der Waals surface area (Å²) in [5, 5.41) is 0.596. The van der Waals surface area contributed by atoms with Crippen LogP contribution in [0.4, 0.5) is 0 Å². The molecule has 1 atom stereocenters. The third-order valence-electron chi connectivity index (χ3n) is 3.69. The lowest BCUT2D eigenvalue weighted by Crippen LogP contribution is -2.01. The minimum atomic E-state index is -1.95. The van der Waals surface area contributed by atoms with Gasteiger partial charge in [0.05, 0.1) is 0 Å². The fraction of sp³-hybridized carbons (Fsp3) is 0.136. The third-order valence-corrected chi connectivity index (χ3v) is 4.74. The first kappa shape index (κ1) is 18.8. The van der Waals surface area contributed by atoms with Gasteiger partial charge in [-0.05, 0) is 38.5 Å². The van der Waals surface area contributed by atoms with E-state index in [9.17, 15) is 9.36 Å². The molecular weight excluding hydrogens is 327 g/mol. The molecule has 0 bridgehead atoms. The molecule has 0 fully saturated rings. The summed E-state index contributed by atoms with van der Waals surface area (Å²) in [5.41, 5.74) is 5.90. The zero-order chi connectivity index (χ0) is 18.2. The van der Waals surface area contributed by atoms with Gasteiger partial charge in [-0.3, -0.25) is 0 Å². The molecular formula is C22H22O2P+. The Hall–Kier alpha value is -2.57. The lowest BCUT2D eigenvalue weighted by molar-refractivity contribution is 0.560. The third kappa shape index (κ3) is 5.48. The fourth-order valence-corrected chi connectivity index (χ4v) is 3.57. The second kappa shape index (κ2) is 9.05. The van der Waals surface area contributed by atoms with Gasteiger partial charge in [-0.1, -0.05) is 81.9 Å². The van der Waals surface area contributed by atoms with Crippen molar-refractivity contribution in [2.75, 3.05) is 0 Å².